The van der Waals surface area contributed by atoms with Crippen LogP contribution < -0.4 is 11.1 Å². The van der Waals surface area contributed by atoms with Gasteiger partial charge in [-0.2, -0.15) is 0 Å². The van der Waals surface area contributed by atoms with E-state index in [-0.39, 0.29) is 5.91 Å². The molecule has 0 saturated heterocycles. The number of rotatable bonds is 2. The highest BCUT2D eigenvalue weighted by molar-refractivity contribution is 9.10. The fourth-order valence-electron chi connectivity index (χ4n) is 1.52. The van der Waals surface area contributed by atoms with Gasteiger partial charge >= 0.3 is 0 Å². The van der Waals surface area contributed by atoms with Crippen molar-refractivity contribution in [1.29, 1.82) is 0 Å². The Balaban J connectivity index is 2.21. The van der Waals surface area contributed by atoms with Crippen LogP contribution in [0.1, 0.15) is 15.9 Å². The quantitative estimate of drug-likeness (QED) is 0.838. The van der Waals surface area contributed by atoms with Gasteiger partial charge in [0.25, 0.3) is 5.91 Å². The van der Waals surface area contributed by atoms with E-state index in [1.54, 1.807) is 24.4 Å². The number of halogens is 1. The van der Waals surface area contributed by atoms with Gasteiger partial charge in [-0.3, -0.25) is 9.78 Å². The molecular formula is C13H12BrN3O. The molecular weight excluding hydrogens is 294 g/mol. The summed E-state index contributed by atoms with van der Waals surface area (Å²) < 4.78 is 0.871. The molecule has 5 heteroatoms. The van der Waals surface area contributed by atoms with E-state index in [9.17, 15) is 4.79 Å². The summed E-state index contributed by atoms with van der Waals surface area (Å²) >= 11 is 3.31. The Morgan fingerprint density at radius 1 is 1.33 bits per heavy atom. The fraction of sp³-hybridized carbons (Fsp3) is 0.0769. The van der Waals surface area contributed by atoms with E-state index >= 15 is 0 Å². The number of anilines is 2. The van der Waals surface area contributed by atoms with Crippen molar-refractivity contribution in [2.45, 2.75) is 6.92 Å². The lowest BCUT2D eigenvalue weighted by molar-refractivity contribution is 0.102. The van der Waals surface area contributed by atoms with Crippen LogP contribution in [0, 0.1) is 6.92 Å². The summed E-state index contributed by atoms with van der Waals surface area (Å²) in [5.74, 6) is -0.222. The van der Waals surface area contributed by atoms with Gasteiger partial charge in [-0.15, -0.1) is 0 Å². The van der Waals surface area contributed by atoms with Crippen LogP contribution in [0.2, 0.25) is 0 Å². The molecule has 4 nitrogen and oxygen atoms in total. The summed E-state index contributed by atoms with van der Waals surface area (Å²) in [6.45, 7) is 1.89. The zero-order valence-corrected chi connectivity index (χ0v) is 11.4. The Kier molecular flexibility index (Phi) is 3.62. The molecule has 0 aliphatic heterocycles. The van der Waals surface area contributed by atoms with Gasteiger partial charge in [-0.1, -0.05) is 15.9 Å². The minimum atomic E-state index is -0.222. The van der Waals surface area contributed by atoms with E-state index in [4.69, 9.17) is 5.73 Å². The molecule has 1 aromatic heterocycles. The first kappa shape index (κ1) is 12.6. The highest BCUT2D eigenvalue weighted by Crippen LogP contribution is 2.23. The topological polar surface area (TPSA) is 68.0 Å². The lowest BCUT2D eigenvalue weighted by Crippen LogP contribution is -2.13. The second-order valence-corrected chi connectivity index (χ2v) is 4.85. The number of carbonyl (C=O) groups is 1. The van der Waals surface area contributed by atoms with Gasteiger partial charge in [0.05, 0.1) is 16.9 Å². The average molecular weight is 306 g/mol. The molecule has 1 amide bonds. The summed E-state index contributed by atoms with van der Waals surface area (Å²) in [6, 6.07) is 7.09. The molecule has 0 radical (unpaired) electrons. The molecule has 92 valence electrons. The Labute approximate surface area is 113 Å². The first-order valence-electron chi connectivity index (χ1n) is 5.34. The van der Waals surface area contributed by atoms with Crippen molar-refractivity contribution in [3.8, 4) is 0 Å². The van der Waals surface area contributed by atoms with Gasteiger partial charge < -0.3 is 11.1 Å². The van der Waals surface area contributed by atoms with Crippen molar-refractivity contribution in [2.24, 2.45) is 0 Å². The molecule has 0 fully saturated rings. The van der Waals surface area contributed by atoms with Gasteiger partial charge in [0, 0.05) is 16.9 Å². The number of aryl methyl sites for hydroxylation is 1. The molecule has 2 aromatic rings. The van der Waals surface area contributed by atoms with Gasteiger partial charge in [-0.25, -0.2) is 0 Å². The van der Waals surface area contributed by atoms with E-state index < -0.39 is 0 Å². The molecule has 18 heavy (non-hydrogen) atoms. The number of nitrogens with zero attached hydrogens (tertiary/aromatic N) is 1. The molecule has 1 aromatic carbocycles. The molecule has 0 atom stereocenters. The number of carbonyl (C=O) groups excluding carboxylic acids is 1. The van der Waals surface area contributed by atoms with Gasteiger partial charge in [0.15, 0.2) is 0 Å². The molecule has 0 aliphatic rings. The van der Waals surface area contributed by atoms with E-state index in [0.717, 1.165) is 10.0 Å². The van der Waals surface area contributed by atoms with Crippen LogP contribution in [0.25, 0.3) is 0 Å². The Bertz CT molecular complexity index is 599. The number of aromatic nitrogens is 1. The third-order valence-corrected chi connectivity index (χ3v) is 2.89. The largest absolute Gasteiger partial charge is 0.397 e. The monoisotopic (exact) mass is 305 g/mol. The molecule has 0 aliphatic carbocycles. The maximum Gasteiger partial charge on any atom is 0.257 e. The zero-order valence-electron chi connectivity index (χ0n) is 9.77. The first-order valence-corrected chi connectivity index (χ1v) is 6.13. The highest BCUT2D eigenvalue weighted by Gasteiger charge is 2.08. The van der Waals surface area contributed by atoms with Crippen LogP contribution in [0.15, 0.2) is 41.1 Å². The van der Waals surface area contributed by atoms with Crippen LogP contribution in [0.3, 0.4) is 0 Å². The maximum atomic E-state index is 12.0. The van der Waals surface area contributed by atoms with Crippen molar-refractivity contribution in [3.05, 3.63) is 52.3 Å². The summed E-state index contributed by atoms with van der Waals surface area (Å²) in [4.78, 5) is 16.0. The predicted octanol–water partition coefficient (Wildman–Crippen LogP) is 2.99. The van der Waals surface area contributed by atoms with Crippen LogP contribution in [-0.2, 0) is 0 Å². The summed E-state index contributed by atoms with van der Waals surface area (Å²) in [7, 11) is 0. The fourth-order valence-corrected chi connectivity index (χ4v) is 1.90. The summed E-state index contributed by atoms with van der Waals surface area (Å²) in [5.41, 5.74) is 8.37. The number of amides is 1. The molecule has 1 heterocycles. The van der Waals surface area contributed by atoms with Gasteiger partial charge in [-0.05, 0) is 36.8 Å². The van der Waals surface area contributed by atoms with Crippen molar-refractivity contribution < 1.29 is 4.79 Å². The average Bonchev–Trinajstić information content (AvgIpc) is 2.32. The number of nitrogen functional groups attached to an aromatic ring is 1. The van der Waals surface area contributed by atoms with Crippen molar-refractivity contribution in [3.63, 3.8) is 0 Å². The van der Waals surface area contributed by atoms with Crippen molar-refractivity contribution in [2.75, 3.05) is 11.1 Å². The number of hydrogen-bond acceptors (Lipinski definition) is 3. The van der Waals surface area contributed by atoms with Crippen LogP contribution in [-0.4, -0.2) is 10.9 Å². The third kappa shape index (κ3) is 2.87. The highest BCUT2D eigenvalue weighted by atomic mass is 79.9. The summed E-state index contributed by atoms with van der Waals surface area (Å²) in [5, 5.41) is 2.76. The molecule has 0 saturated carbocycles. The second-order valence-electron chi connectivity index (χ2n) is 3.94. The van der Waals surface area contributed by atoms with E-state index in [2.05, 4.69) is 26.2 Å². The lowest BCUT2D eigenvalue weighted by atomic mass is 10.2. The minimum absolute atomic E-state index is 0.222. The minimum Gasteiger partial charge on any atom is -0.397 e. The number of nitrogens with two attached hydrogens (primary N) is 1. The first-order chi connectivity index (χ1) is 8.56. The number of pyridine rings is 1. The van der Waals surface area contributed by atoms with Crippen molar-refractivity contribution >= 4 is 33.2 Å². The third-order valence-electron chi connectivity index (χ3n) is 2.40. The smallest absolute Gasteiger partial charge is 0.257 e. The van der Waals surface area contributed by atoms with Crippen LogP contribution in [0.4, 0.5) is 11.4 Å². The van der Waals surface area contributed by atoms with Gasteiger partial charge in [0.1, 0.15) is 0 Å². The van der Waals surface area contributed by atoms with E-state index in [0.29, 0.717) is 16.9 Å². The molecule has 0 spiro atoms. The Morgan fingerprint density at radius 3 is 2.78 bits per heavy atom. The zero-order chi connectivity index (χ0) is 13.1. The van der Waals surface area contributed by atoms with E-state index in [1.165, 1.54) is 6.20 Å². The summed E-state index contributed by atoms with van der Waals surface area (Å²) in [6.07, 6.45) is 3.22. The Morgan fingerprint density at radius 2 is 2.11 bits per heavy atom. The molecule has 0 unspecified atom stereocenters. The standard InChI is InChI=1S/C13H12BrN3O/c1-8-4-9(7-16-6-8)13(18)17-12-3-2-10(14)5-11(12)15/h2-7H,15H2,1H3,(H,17,18). The van der Waals surface area contributed by atoms with Gasteiger partial charge in [0.2, 0.25) is 0 Å². The predicted molar refractivity (Wildman–Crippen MR) is 75.5 cm³/mol. The second kappa shape index (κ2) is 5.18. The van der Waals surface area contributed by atoms with Crippen LogP contribution in [0.5, 0.6) is 0 Å². The van der Waals surface area contributed by atoms with Crippen molar-refractivity contribution in [1.82, 2.24) is 4.98 Å². The number of nitrogens with one attached hydrogen (secondary N) is 1. The number of hydrogen-bond donors (Lipinski definition) is 2. The Hall–Kier alpha value is -1.88. The normalized spacial score (nSPS) is 10.1. The maximum absolute atomic E-state index is 12.0. The van der Waals surface area contributed by atoms with Crippen LogP contribution >= 0.6 is 15.9 Å². The number of benzene rings is 1. The molecule has 3 N–H and O–H groups in total. The SMILES string of the molecule is Cc1cncc(C(=O)Nc2ccc(Br)cc2N)c1. The molecule has 0 bridgehead atoms. The van der Waals surface area contributed by atoms with E-state index in [1.807, 2.05) is 13.0 Å². The molecule has 2 rings (SSSR count). The lowest BCUT2D eigenvalue weighted by Gasteiger charge is -2.08.